The molecular formula is C20H21N. The van der Waals surface area contributed by atoms with E-state index < -0.39 is 0 Å². The number of hydrogen-bond acceptors (Lipinski definition) is 0. The van der Waals surface area contributed by atoms with Crippen molar-refractivity contribution in [3.8, 4) is 11.3 Å². The fourth-order valence-corrected chi connectivity index (χ4v) is 3.60. The Morgan fingerprint density at radius 2 is 1.67 bits per heavy atom. The number of benzene rings is 2. The number of nitrogens with zero attached hydrogens (tertiary/aromatic N) is 1. The van der Waals surface area contributed by atoms with E-state index in [1.807, 2.05) is 0 Å². The maximum Gasteiger partial charge on any atom is 0.0530 e. The Morgan fingerprint density at radius 3 is 2.48 bits per heavy atom. The first kappa shape index (κ1) is 12.7. The summed E-state index contributed by atoms with van der Waals surface area (Å²) >= 11 is 0. The Hall–Kier alpha value is -2.02. The van der Waals surface area contributed by atoms with E-state index in [1.54, 1.807) is 0 Å². The molecule has 106 valence electrons. The van der Waals surface area contributed by atoms with Crippen LogP contribution in [0.5, 0.6) is 0 Å². The van der Waals surface area contributed by atoms with Crippen molar-refractivity contribution in [1.29, 1.82) is 0 Å². The van der Waals surface area contributed by atoms with Crippen LogP contribution in [-0.4, -0.2) is 4.57 Å². The monoisotopic (exact) mass is 275 g/mol. The highest BCUT2D eigenvalue weighted by Gasteiger charge is 2.27. The van der Waals surface area contributed by atoms with Crippen LogP contribution in [0.3, 0.4) is 0 Å². The third-order valence-electron chi connectivity index (χ3n) is 4.35. The summed E-state index contributed by atoms with van der Waals surface area (Å²) in [5.74, 6) is 0. The van der Waals surface area contributed by atoms with E-state index >= 15 is 0 Å². The van der Waals surface area contributed by atoms with E-state index in [0.29, 0.717) is 0 Å². The molecule has 0 N–H and O–H groups in total. The number of fused-ring (bicyclic) bond motifs is 5. The quantitative estimate of drug-likeness (QED) is 0.446. The predicted molar refractivity (Wildman–Crippen MR) is 89.6 cm³/mol. The highest BCUT2D eigenvalue weighted by molar-refractivity contribution is 5.95. The topological polar surface area (TPSA) is 4.93 Å². The zero-order valence-electron chi connectivity index (χ0n) is 13.0. The Kier molecular flexibility index (Phi) is 2.56. The molecule has 0 radical (unpaired) electrons. The van der Waals surface area contributed by atoms with Gasteiger partial charge in [-0.25, -0.2) is 0 Å². The van der Waals surface area contributed by atoms with E-state index in [4.69, 9.17) is 0 Å². The van der Waals surface area contributed by atoms with Gasteiger partial charge < -0.3 is 4.57 Å². The van der Waals surface area contributed by atoms with E-state index in [2.05, 4.69) is 73.9 Å². The van der Waals surface area contributed by atoms with Crippen molar-refractivity contribution in [3.05, 3.63) is 59.7 Å². The van der Waals surface area contributed by atoms with Crippen LogP contribution in [0, 0.1) is 5.41 Å². The van der Waals surface area contributed by atoms with Gasteiger partial charge in [0.25, 0.3) is 0 Å². The Labute approximate surface area is 126 Å². The molecule has 1 aliphatic rings. The standard InChI is InChI=1S/C20H21N/c1-20(2,3)13-21-18-11-7-6-10-16(18)17-12-14-8-4-5-9-15(14)19(17)21/h4-11H,12-13H2,1-3H3. The minimum Gasteiger partial charge on any atom is -0.340 e. The van der Waals surface area contributed by atoms with Crippen molar-refractivity contribution in [2.24, 2.45) is 5.41 Å². The second-order valence-corrected chi connectivity index (χ2v) is 7.33. The number of hydrogen-bond donors (Lipinski definition) is 0. The number of para-hydroxylation sites is 1. The normalized spacial score (nSPS) is 13.5. The van der Waals surface area contributed by atoms with Crippen LogP contribution in [0.15, 0.2) is 48.5 Å². The lowest BCUT2D eigenvalue weighted by atomic mass is 9.96. The van der Waals surface area contributed by atoms with Gasteiger partial charge in [0.1, 0.15) is 0 Å². The number of rotatable bonds is 1. The molecule has 1 heteroatoms. The summed E-state index contributed by atoms with van der Waals surface area (Å²) in [5.41, 5.74) is 7.50. The van der Waals surface area contributed by atoms with Crippen LogP contribution in [0.2, 0.25) is 0 Å². The summed E-state index contributed by atoms with van der Waals surface area (Å²) in [4.78, 5) is 0. The lowest BCUT2D eigenvalue weighted by Crippen LogP contribution is -2.16. The van der Waals surface area contributed by atoms with Crippen LogP contribution in [-0.2, 0) is 13.0 Å². The van der Waals surface area contributed by atoms with Gasteiger partial charge in [0.05, 0.1) is 5.69 Å². The molecule has 2 aromatic carbocycles. The van der Waals surface area contributed by atoms with Gasteiger partial charge in [-0.15, -0.1) is 0 Å². The molecule has 21 heavy (non-hydrogen) atoms. The molecule has 0 unspecified atom stereocenters. The molecule has 0 fully saturated rings. The second kappa shape index (κ2) is 4.24. The largest absolute Gasteiger partial charge is 0.340 e. The molecule has 1 aliphatic carbocycles. The minimum absolute atomic E-state index is 0.271. The molecule has 0 saturated carbocycles. The average molecular weight is 275 g/mol. The fourth-order valence-electron chi connectivity index (χ4n) is 3.60. The summed E-state index contributed by atoms with van der Waals surface area (Å²) in [5, 5.41) is 1.42. The van der Waals surface area contributed by atoms with Gasteiger partial charge in [0.15, 0.2) is 0 Å². The molecule has 0 bridgehead atoms. The smallest absolute Gasteiger partial charge is 0.0530 e. The molecule has 0 spiro atoms. The van der Waals surface area contributed by atoms with E-state index in [0.717, 1.165) is 13.0 Å². The van der Waals surface area contributed by atoms with Crippen molar-refractivity contribution in [2.75, 3.05) is 0 Å². The molecule has 0 aliphatic heterocycles. The number of aromatic nitrogens is 1. The molecule has 0 saturated heterocycles. The molecular weight excluding hydrogens is 254 g/mol. The summed E-state index contributed by atoms with van der Waals surface area (Å²) < 4.78 is 2.54. The molecule has 4 rings (SSSR count). The van der Waals surface area contributed by atoms with E-state index in [1.165, 1.54) is 33.3 Å². The molecule has 1 nitrogen and oxygen atoms in total. The Morgan fingerprint density at radius 1 is 0.952 bits per heavy atom. The zero-order chi connectivity index (χ0) is 14.6. The lowest BCUT2D eigenvalue weighted by molar-refractivity contribution is 0.351. The Balaban J connectivity index is 2.05. The van der Waals surface area contributed by atoms with Gasteiger partial charge in [-0.2, -0.15) is 0 Å². The van der Waals surface area contributed by atoms with Gasteiger partial charge in [0.2, 0.25) is 0 Å². The zero-order valence-corrected chi connectivity index (χ0v) is 13.0. The lowest BCUT2D eigenvalue weighted by Gasteiger charge is -2.22. The summed E-state index contributed by atoms with van der Waals surface area (Å²) in [7, 11) is 0. The Bertz CT molecular complexity index is 831. The van der Waals surface area contributed by atoms with Crippen LogP contribution in [0.25, 0.3) is 22.2 Å². The van der Waals surface area contributed by atoms with Gasteiger partial charge in [0, 0.05) is 29.4 Å². The van der Waals surface area contributed by atoms with Gasteiger partial charge in [-0.1, -0.05) is 63.2 Å². The first-order valence-electron chi connectivity index (χ1n) is 7.73. The summed E-state index contributed by atoms with van der Waals surface area (Å²) in [6.45, 7) is 8.00. The minimum atomic E-state index is 0.271. The first-order valence-corrected chi connectivity index (χ1v) is 7.73. The maximum atomic E-state index is 2.54. The van der Waals surface area contributed by atoms with Crippen LogP contribution >= 0.6 is 0 Å². The van der Waals surface area contributed by atoms with Crippen molar-refractivity contribution < 1.29 is 0 Å². The molecule has 1 aromatic heterocycles. The highest BCUT2D eigenvalue weighted by atomic mass is 15.0. The van der Waals surface area contributed by atoms with Crippen LogP contribution < -0.4 is 0 Å². The van der Waals surface area contributed by atoms with Crippen LogP contribution in [0.1, 0.15) is 31.9 Å². The van der Waals surface area contributed by atoms with Crippen molar-refractivity contribution in [1.82, 2.24) is 4.57 Å². The summed E-state index contributed by atoms with van der Waals surface area (Å²) in [6, 6.07) is 17.7. The van der Waals surface area contributed by atoms with Crippen molar-refractivity contribution in [2.45, 2.75) is 33.7 Å². The second-order valence-electron chi connectivity index (χ2n) is 7.33. The molecule has 0 atom stereocenters. The van der Waals surface area contributed by atoms with Gasteiger partial charge in [-0.3, -0.25) is 0 Å². The third-order valence-corrected chi connectivity index (χ3v) is 4.35. The van der Waals surface area contributed by atoms with Crippen LogP contribution in [0.4, 0.5) is 0 Å². The maximum absolute atomic E-state index is 2.54. The van der Waals surface area contributed by atoms with Crippen molar-refractivity contribution in [3.63, 3.8) is 0 Å². The average Bonchev–Trinajstić information content (AvgIpc) is 2.95. The third kappa shape index (κ3) is 1.91. The molecule has 0 amide bonds. The highest BCUT2D eigenvalue weighted by Crippen LogP contribution is 2.43. The molecule has 3 aromatic rings. The SMILES string of the molecule is CC(C)(C)Cn1c2c(c3ccccc31)Cc1ccccc1-2. The van der Waals surface area contributed by atoms with Crippen molar-refractivity contribution >= 4 is 10.9 Å². The summed E-state index contributed by atoms with van der Waals surface area (Å²) in [6.07, 6.45) is 1.07. The van der Waals surface area contributed by atoms with E-state index in [9.17, 15) is 0 Å². The first-order chi connectivity index (χ1) is 10.0. The van der Waals surface area contributed by atoms with Gasteiger partial charge in [-0.05, 0) is 22.6 Å². The van der Waals surface area contributed by atoms with Gasteiger partial charge >= 0.3 is 0 Å². The molecule has 1 heterocycles. The van der Waals surface area contributed by atoms with E-state index in [-0.39, 0.29) is 5.41 Å². The fraction of sp³-hybridized carbons (Fsp3) is 0.300. The predicted octanol–water partition coefficient (Wildman–Crippen LogP) is 5.26.